The van der Waals surface area contributed by atoms with E-state index in [0.717, 1.165) is 10.4 Å². The summed E-state index contributed by atoms with van der Waals surface area (Å²) in [4.78, 5) is 20.8. The standard InChI is InChI=1S/C16H22O3Si2/c1-20(2,17)15-11-7-5-9-13(15)19-14-10-6-8-12-16(14)21(3,4)18/h5-12,17-18H,1-4H3. The number of para-hydroxylation sites is 2. The van der Waals surface area contributed by atoms with Crippen LogP contribution in [-0.4, -0.2) is 26.2 Å². The van der Waals surface area contributed by atoms with E-state index in [-0.39, 0.29) is 0 Å². The first-order chi connectivity index (χ1) is 9.69. The Kier molecular flexibility index (Phi) is 4.39. The highest BCUT2D eigenvalue weighted by Gasteiger charge is 2.27. The number of ether oxygens (including phenoxy) is 1. The van der Waals surface area contributed by atoms with E-state index < -0.39 is 16.6 Å². The van der Waals surface area contributed by atoms with E-state index in [0.29, 0.717) is 11.5 Å². The van der Waals surface area contributed by atoms with Crippen molar-refractivity contribution in [3.8, 4) is 11.5 Å². The molecule has 0 aliphatic heterocycles. The number of hydrogen-bond donors (Lipinski definition) is 2. The van der Waals surface area contributed by atoms with Crippen LogP contribution >= 0.6 is 0 Å². The molecule has 5 heteroatoms. The molecule has 2 rings (SSSR count). The number of hydrogen-bond acceptors (Lipinski definition) is 3. The van der Waals surface area contributed by atoms with Gasteiger partial charge in [0.2, 0.25) is 16.6 Å². The molecule has 0 fully saturated rings. The lowest BCUT2D eigenvalue weighted by Gasteiger charge is -2.22. The van der Waals surface area contributed by atoms with Crippen LogP contribution in [0.25, 0.3) is 0 Å². The van der Waals surface area contributed by atoms with E-state index in [1.54, 1.807) is 0 Å². The first kappa shape index (κ1) is 16.0. The summed E-state index contributed by atoms with van der Waals surface area (Å²) < 4.78 is 6.04. The maximum atomic E-state index is 10.4. The molecule has 0 aliphatic carbocycles. The van der Waals surface area contributed by atoms with Gasteiger partial charge in [0.1, 0.15) is 11.5 Å². The molecule has 0 unspecified atom stereocenters. The van der Waals surface area contributed by atoms with E-state index in [4.69, 9.17) is 4.74 Å². The fourth-order valence-corrected chi connectivity index (χ4v) is 4.72. The third-order valence-electron chi connectivity index (χ3n) is 3.31. The maximum absolute atomic E-state index is 10.4. The second kappa shape index (κ2) is 5.77. The molecule has 2 aromatic rings. The smallest absolute Gasteiger partial charge is 0.217 e. The van der Waals surface area contributed by atoms with Gasteiger partial charge in [0.15, 0.2) is 0 Å². The summed E-state index contributed by atoms with van der Waals surface area (Å²) in [5, 5.41) is 1.72. The highest BCUT2D eigenvalue weighted by molar-refractivity contribution is 6.84. The molecule has 2 aromatic carbocycles. The molecule has 21 heavy (non-hydrogen) atoms. The molecule has 112 valence electrons. The average Bonchev–Trinajstić information content (AvgIpc) is 2.37. The quantitative estimate of drug-likeness (QED) is 0.851. The van der Waals surface area contributed by atoms with Crippen LogP contribution < -0.4 is 15.1 Å². The van der Waals surface area contributed by atoms with Gasteiger partial charge in [0.25, 0.3) is 0 Å². The van der Waals surface area contributed by atoms with Crippen LogP contribution in [0, 0.1) is 0 Å². The van der Waals surface area contributed by atoms with E-state index in [2.05, 4.69) is 0 Å². The largest absolute Gasteiger partial charge is 0.457 e. The van der Waals surface area contributed by atoms with Crippen LogP contribution in [0.1, 0.15) is 0 Å². The van der Waals surface area contributed by atoms with E-state index >= 15 is 0 Å². The molecular formula is C16H22O3Si2. The molecule has 3 nitrogen and oxygen atoms in total. The van der Waals surface area contributed by atoms with Crippen molar-refractivity contribution in [1.82, 2.24) is 0 Å². The van der Waals surface area contributed by atoms with Crippen molar-refractivity contribution in [1.29, 1.82) is 0 Å². The van der Waals surface area contributed by atoms with Crippen LogP contribution in [-0.2, 0) is 0 Å². The Morgan fingerprint density at radius 1 is 0.667 bits per heavy atom. The minimum absolute atomic E-state index is 0.669. The third-order valence-corrected chi connectivity index (χ3v) is 6.77. The SMILES string of the molecule is C[Si](C)(O)c1ccccc1Oc1ccccc1[Si](C)(C)O. The number of rotatable bonds is 4. The third kappa shape index (κ3) is 3.82. The summed E-state index contributed by atoms with van der Waals surface area (Å²) in [6.07, 6.45) is 0. The minimum atomic E-state index is -2.47. The molecule has 0 aliphatic rings. The summed E-state index contributed by atoms with van der Waals surface area (Å²) in [5.74, 6) is 1.34. The summed E-state index contributed by atoms with van der Waals surface area (Å²) >= 11 is 0. The van der Waals surface area contributed by atoms with E-state index in [1.165, 1.54) is 0 Å². The van der Waals surface area contributed by atoms with Gasteiger partial charge in [-0.3, -0.25) is 0 Å². The molecule has 0 heterocycles. The molecule has 0 bridgehead atoms. The van der Waals surface area contributed by atoms with Gasteiger partial charge in [-0.15, -0.1) is 0 Å². The first-order valence-corrected chi connectivity index (χ1v) is 12.9. The van der Waals surface area contributed by atoms with Crippen LogP contribution in [0.2, 0.25) is 26.2 Å². The fourth-order valence-electron chi connectivity index (χ4n) is 2.24. The van der Waals surface area contributed by atoms with Crippen molar-refractivity contribution in [3.63, 3.8) is 0 Å². The molecule has 0 amide bonds. The van der Waals surface area contributed by atoms with Crippen molar-refractivity contribution in [2.45, 2.75) is 26.2 Å². The monoisotopic (exact) mass is 318 g/mol. The second-order valence-corrected chi connectivity index (χ2v) is 13.5. The van der Waals surface area contributed by atoms with Crippen LogP contribution in [0.3, 0.4) is 0 Å². The van der Waals surface area contributed by atoms with Crippen LogP contribution in [0.15, 0.2) is 48.5 Å². The van der Waals surface area contributed by atoms with Gasteiger partial charge in [0.05, 0.1) is 0 Å². The molecule has 0 radical (unpaired) electrons. The summed E-state index contributed by atoms with van der Waals surface area (Å²) in [6.45, 7) is 7.47. The van der Waals surface area contributed by atoms with Gasteiger partial charge in [-0.05, 0) is 38.3 Å². The van der Waals surface area contributed by atoms with Crippen molar-refractivity contribution in [2.75, 3.05) is 0 Å². The van der Waals surface area contributed by atoms with Crippen molar-refractivity contribution in [3.05, 3.63) is 48.5 Å². The van der Waals surface area contributed by atoms with Gasteiger partial charge in [0, 0.05) is 10.4 Å². The van der Waals surface area contributed by atoms with E-state index in [9.17, 15) is 9.59 Å². The zero-order valence-electron chi connectivity index (χ0n) is 12.9. The highest BCUT2D eigenvalue weighted by Crippen LogP contribution is 2.22. The minimum Gasteiger partial charge on any atom is -0.457 e. The topological polar surface area (TPSA) is 49.7 Å². The highest BCUT2D eigenvalue weighted by atomic mass is 28.4. The maximum Gasteiger partial charge on any atom is 0.217 e. The predicted molar refractivity (Wildman–Crippen MR) is 91.6 cm³/mol. The summed E-state index contributed by atoms with van der Waals surface area (Å²) in [7, 11) is -4.94. The Labute approximate surface area is 128 Å². The van der Waals surface area contributed by atoms with Gasteiger partial charge in [-0.1, -0.05) is 36.4 Å². The zero-order valence-corrected chi connectivity index (χ0v) is 14.9. The first-order valence-electron chi connectivity index (χ1n) is 7.01. The van der Waals surface area contributed by atoms with Crippen LogP contribution in [0.4, 0.5) is 0 Å². The second-order valence-electron chi connectivity index (χ2n) is 6.21. The van der Waals surface area contributed by atoms with E-state index in [1.807, 2.05) is 74.7 Å². The Hall–Kier alpha value is -1.41. The fraction of sp³-hybridized carbons (Fsp3) is 0.250. The van der Waals surface area contributed by atoms with Crippen molar-refractivity contribution in [2.24, 2.45) is 0 Å². The van der Waals surface area contributed by atoms with Crippen molar-refractivity contribution >= 4 is 27.0 Å². The molecule has 0 atom stereocenters. The normalized spacial score (nSPS) is 12.3. The van der Waals surface area contributed by atoms with Crippen LogP contribution in [0.5, 0.6) is 11.5 Å². The van der Waals surface area contributed by atoms with Gasteiger partial charge < -0.3 is 14.3 Å². The summed E-state index contributed by atoms with van der Waals surface area (Å²) in [6, 6.07) is 15.1. The lowest BCUT2D eigenvalue weighted by molar-refractivity contribution is 0.483. The summed E-state index contributed by atoms with van der Waals surface area (Å²) in [5.41, 5.74) is 0. The molecule has 0 saturated carbocycles. The molecule has 0 aromatic heterocycles. The molecule has 0 saturated heterocycles. The number of benzene rings is 2. The predicted octanol–water partition coefficient (Wildman–Crippen LogP) is 2.29. The lowest BCUT2D eigenvalue weighted by atomic mass is 10.3. The molecular weight excluding hydrogens is 296 g/mol. The Bertz CT molecular complexity index is 572. The molecule has 0 spiro atoms. The Morgan fingerprint density at radius 2 is 1.00 bits per heavy atom. The molecule has 2 N–H and O–H groups in total. The Morgan fingerprint density at radius 3 is 1.33 bits per heavy atom. The van der Waals surface area contributed by atoms with Crippen molar-refractivity contribution < 1.29 is 14.3 Å². The van der Waals surface area contributed by atoms with Gasteiger partial charge >= 0.3 is 0 Å². The zero-order chi connectivity index (χ0) is 15.7. The Balaban J connectivity index is 2.45. The van der Waals surface area contributed by atoms with Gasteiger partial charge in [-0.2, -0.15) is 0 Å². The van der Waals surface area contributed by atoms with Gasteiger partial charge in [-0.25, -0.2) is 0 Å². The lowest BCUT2D eigenvalue weighted by Crippen LogP contribution is -2.43. The average molecular weight is 319 g/mol.